The molecule has 1 N–H and O–H groups in total. The van der Waals surface area contributed by atoms with Crippen molar-refractivity contribution in [1.82, 2.24) is 5.32 Å². The van der Waals surface area contributed by atoms with Gasteiger partial charge in [-0.3, -0.25) is 14.9 Å². The summed E-state index contributed by atoms with van der Waals surface area (Å²) in [7, 11) is 0. The molecule has 0 spiro atoms. The van der Waals surface area contributed by atoms with Crippen LogP contribution in [-0.4, -0.2) is 24.0 Å². The first-order valence-electron chi connectivity index (χ1n) is 6.89. The van der Waals surface area contributed by atoms with Gasteiger partial charge in [0.1, 0.15) is 12.4 Å². The third kappa shape index (κ3) is 4.43. The highest BCUT2D eigenvalue weighted by Crippen LogP contribution is 2.22. The van der Waals surface area contributed by atoms with Crippen molar-refractivity contribution in [3.8, 4) is 5.75 Å². The number of nitrogens with zero attached hydrogens (tertiary/aromatic N) is 1. The number of hydrogen-bond acceptors (Lipinski definition) is 4. The summed E-state index contributed by atoms with van der Waals surface area (Å²) >= 11 is 5.95. The molecule has 23 heavy (non-hydrogen) atoms. The van der Waals surface area contributed by atoms with E-state index in [-0.39, 0.29) is 24.4 Å². The van der Waals surface area contributed by atoms with Gasteiger partial charge >= 0.3 is 0 Å². The smallest absolute Gasteiger partial charge is 0.273 e. The average Bonchev–Trinajstić information content (AvgIpc) is 2.53. The standard InChI is InChI=1S/C16H15ClN2O4/c1-11-6-7-12(10-14(11)19(21)22)16(20)18-8-9-23-15-5-3-2-4-13(15)17/h2-7,10H,8-9H2,1H3,(H,18,20). The average molecular weight is 335 g/mol. The largest absolute Gasteiger partial charge is 0.490 e. The van der Waals surface area contributed by atoms with Crippen LogP contribution >= 0.6 is 11.6 Å². The van der Waals surface area contributed by atoms with Gasteiger partial charge in [-0.15, -0.1) is 0 Å². The first kappa shape index (κ1) is 16.8. The molecular weight excluding hydrogens is 320 g/mol. The quantitative estimate of drug-likeness (QED) is 0.499. The first-order chi connectivity index (χ1) is 11.0. The second-order valence-corrected chi connectivity index (χ2v) is 5.20. The van der Waals surface area contributed by atoms with E-state index < -0.39 is 10.8 Å². The number of nitrogens with one attached hydrogen (secondary N) is 1. The number of benzene rings is 2. The van der Waals surface area contributed by atoms with Crippen LogP contribution < -0.4 is 10.1 Å². The highest BCUT2D eigenvalue weighted by atomic mass is 35.5. The van der Waals surface area contributed by atoms with Crippen LogP contribution in [0.4, 0.5) is 5.69 Å². The lowest BCUT2D eigenvalue weighted by molar-refractivity contribution is -0.385. The SMILES string of the molecule is Cc1ccc(C(=O)NCCOc2ccccc2Cl)cc1[N+](=O)[O-]. The molecule has 2 aromatic rings. The molecule has 0 saturated carbocycles. The Morgan fingerprint density at radius 3 is 2.74 bits per heavy atom. The first-order valence-corrected chi connectivity index (χ1v) is 7.27. The number of nitro benzene ring substituents is 1. The summed E-state index contributed by atoms with van der Waals surface area (Å²) in [4.78, 5) is 22.4. The number of aryl methyl sites for hydroxylation is 1. The van der Waals surface area contributed by atoms with Crippen LogP contribution in [0, 0.1) is 17.0 Å². The lowest BCUT2D eigenvalue weighted by Gasteiger charge is -2.09. The highest BCUT2D eigenvalue weighted by Gasteiger charge is 2.14. The highest BCUT2D eigenvalue weighted by molar-refractivity contribution is 6.32. The number of halogens is 1. The summed E-state index contributed by atoms with van der Waals surface area (Å²) in [6, 6.07) is 11.4. The lowest BCUT2D eigenvalue weighted by atomic mass is 10.1. The molecular formula is C16H15ClN2O4. The van der Waals surface area contributed by atoms with Crippen molar-refractivity contribution in [3.63, 3.8) is 0 Å². The Labute approximate surface area is 138 Å². The molecule has 0 unspecified atom stereocenters. The summed E-state index contributed by atoms with van der Waals surface area (Å²) in [5.74, 6) is 0.144. The molecule has 0 aliphatic heterocycles. The Balaban J connectivity index is 1.89. The van der Waals surface area contributed by atoms with Gasteiger partial charge in [-0.2, -0.15) is 0 Å². The normalized spacial score (nSPS) is 10.2. The monoisotopic (exact) mass is 334 g/mol. The summed E-state index contributed by atoms with van der Waals surface area (Å²) in [6.07, 6.45) is 0. The van der Waals surface area contributed by atoms with Crippen LogP contribution in [0.3, 0.4) is 0 Å². The minimum Gasteiger partial charge on any atom is -0.490 e. The van der Waals surface area contributed by atoms with Gasteiger partial charge in [0.25, 0.3) is 11.6 Å². The maximum atomic E-state index is 12.0. The molecule has 7 heteroatoms. The number of amides is 1. The van der Waals surface area contributed by atoms with Crippen molar-refractivity contribution in [2.24, 2.45) is 0 Å². The Hall–Kier alpha value is -2.60. The molecule has 2 rings (SSSR count). The molecule has 0 fully saturated rings. The fourth-order valence-corrected chi connectivity index (χ4v) is 2.13. The Morgan fingerprint density at radius 2 is 2.04 bits per heavy atom. The predicted octanol–water partition coefficient (Wildman–Crippen LogP) is 3.37. The Bertz CT molecular complexity index is 734. The van der Waals surface area contributed by atoms with Gasteiger partial charge < -0.3 is 10.1 Å². The van der Waals surface area contributed by atoms with E-state index in [1.807, 2.05) is 0 Å². The van der Waals surface area contributed by atoms with Crippen LogP contribution in [-0.2, 0) is 0 Å². The predicted molar refractivity (Wildman–Crippen MR) is 87.1 cm³/mol. The zero-order chi connectivity index (χ0) is 16.8. The molecule has 0 aliphatic rings. The number of ether oxygens (including phenoxy) is 1. The molecule has 0 bridgehead atoms. The van der Waals surface area contributed by atoms with E-state index in [9.17, 15) is 14.9 Å². The van der Waals surface area contributed by atoms with E-state index in [0.29, 0.717) is 16.3 Å². The fourth-order valence-electron chi connectivity index (χ4n) is 1.94. The number of rotatable bonds is 6. The number of carbonyl (C=O) groups excluding carboxylic acids is 1. The minimum atomic E-state index is -0.507. The summed E-state index contributed by atoms with van der Waals surface area (Å²) in [5, 5.41) is 14.0. The molecule has 0 aliphatic carbocycles. The topological polar surface area (TPSA) is 81.5 Å². The van der Waals surface area contributed by atoms with Gasteiger partial charge in [0, 0.05) is 17.2 Å². The maximum absolute atomic E-state index is 12.0. The lowest BCUT2D eigenvalue weighted by Crippen LogP contribution is -2.28. The van der Waals surface area contributed by atoms with Crippen LogP contribution in [0.25, 0.3) is 0 Å². The summed E-state index contributed by atoms with van der Waals surface area (Å²) in [5.41, 5.74) is 0.665. The van der Waals surface area contributed by atoms with Gasteiger partial charge in [-0.1, -0.05) is 29.8 Å². The van der Waals surface area contributed by atoms with E-state index in [4.69, 9.17) is 16.3 Å². The van der Waals surface area contributed by atoms with Crippen molar-refractivity contribution in [2.75, 3.05) is 13.2 Å². The third-order valence-electron chi connectivity index (χ3n) is 3.15. The van der Waals surface area contributed by atoms with Crippen LogP contribution in [0.2, 0.25) is 5.02 Å². The Morgan fingerprint density at radius 1 is 1.30 bits per heavy atom. The molecule has 120 valence electrons. The molecule has 6 nitrogen and oxygen atoms in total. The van der Waals surface area contributed by atoms with Crippen molar-refractivity contribution < 1.29 is 14.5 Å². The zero-order valence-corrected chi connectivity index (χ0v) is 13.2. The molecule has 0 heterocycles. The van der Waals surface area contributed by atoms with Crippen molar-refractivity contribution >= 4 is 23.2 Å². The van der Waals surface area contributed by atoms with Gasteiger partial charge in [0.2, 0.25) is 0 Å². The van der Waals surface area contributed by atoms with Crippen LogP contribution in [0.1, 0.15) is 15.9 Å². The van der Waals surface area contributed by atoms with E-state index in [1.165, 1.54) is 6.07 Å². The third-order valence-corrected chi connectivity index (χ3v) is 3.46. The second kappa shape index (κ2) is 7.60. The van der Waals surface area contributed by atoms with Gasteiger partial charge in [0.05, 0.1) is 16.5 Å². The second-order valence-electron chi connectivity index (χ2n) is 4.79. The maximum Gasteiger partial charge on any atom is 0.273 e. The van der Waals surface area contributed by atoms with Crippen molar-refractivity contribution in [2.45, 2.75) is 6.92 Å². The minimum absolute atomic E-state index is 0.0787. The molecule has 0 saturated heterocycles. The van der Waals surface area contributed by atoms with E-state index in [0.717, 1.165) is 0 Å². The van der Waals surface area contributed by atoms with Gasteiger partial charge in [0.15, 0.2) is 0 Å². The van der Waals surface area contributed by atoms with Crippen LogP contribution in [0.15, 0.2) is 42.5 Å². The fraction of sp³-hybridized carbons (Fsp3) is 0.188. The Kier molecular flexibility index (Phi) is 5.54. The van der Waals surface area contributed by atoms with E-state index in [1.54, 1.807) is 43.3 Å². The molecule has 1 amide bonds. The van der Waals surface area contributed by atoms with Crippen molar-refractivity contribution in [1.29, 1.82) is 0 Å². The summed E-state index contributed by atoms with van der Waals surface area (Å²) in [6.45, 7) is 2.12. The number of nitro groups is 1. The van der Waals surface area contributed by atoms with Crippen molar-refractivity contribution in [3.05, 3.63) is 68.7 Å². The molecule has 0 atom stereocenters. The number of hydrogen-bond donors (Lipinski definition) is 1. The van der Waals surface area contributed by atoms with E-state index in [2.05, 4.69) is 5.32 Å². The molecule has 2 aromatic carbocycles. The summed E-state index contributed by atoms with van der Waals surface area (Å²) < 4.78 is 5.45. The molecule has 0 aromatic heterocycles. The van der Waals surface area contributed by atoms with Crippen LogP contribution in [0.5, 0.6) is 5.75 Å². The molecule has 0 radical (unpaired) electrons. The van der Waals surface area contributed by atoms with Gasteiger partial charge in [-0.25, -0.2) is 0 Å². The number of para-hydroxylation sites is 1. The zero-order valence-electron chi connectivity index (χ0n) is 12.4. The van der Waals surface area contributed by atoms with Gasteiger partial charge in [-0.05, 0) is 25.1 Å². The van der Waals surface area contributed by atoms with E-state index >= 15 is 0 Å². The number of carbonyl (C=O) groups is 1.